The Hall–Kier alpha value is -2.04. The molecule has 84 valence electrons. The Labute approximate surface area is 93.6 Å². The first-order valence-corrected chi connectivity index (χ1v) is 4.83. The number of rotatable bonds is 3. The predicted molar refractivity (Wildman–Crippen MR) is 59.5 cm³/mol. The van der Waals surface area contributed by atoms with Gasteiger partial charge in [0.05, 0.1) is 19.8 Å². The SMILES string of the molecule is COc1cccc(-c2ncn(C)n2)c1OC. The summed E-state index contributed by atoms with van der Waals surface area (Å²) < 4.78 is 12.2. The van der Waals surface area contributed by atoms with Crippen molar-refractivity contribution in [3.63, 3.8) is 0 Å². The summed E-state index contributed by atoms with van der Waals surface area (Å²) in [7, 11) is 5.03. The van der Waals surface area contributed by atoms with E-state index in [0.717, 1.165) is 5.56 Å². The number of hydrogen-bond donors (Lipinski definition) is 0. The molecule has 0 saturated heterocycles. The number of para-hydroxylation sites is 1. The standard InChI is InChI=1S/C11H13N3O2/c1-14-7-12-11(13-14)8-5-4-6-9(15-2)10(8)16-3/h4-7H,1-3H3. The van der Waals surface area contributed by atoms with Gasteiger partial charge in [0.2, 0.25) is 0 Å². The molecule has 1 aromatic heterocycles. The molecular formula is C11H13N3O2. The van der Waals surface area contributed by atoms with Crippen molar-refractivity contribution in [1.29, 1.82) is 0 Å². The third kappa shape index (κ3) is 1.71. The zero-order valence-corrected chi connectivity index (χ0v) is 9.47. The van der Waals surface area contributed by atoms with Gasteiger partial charge in [-0.3, -0.25) is 4.68 Å². The van der Waals surface area contributed by atoms with Gasteiger partial charge in [0.1, 0.15) is 6.33 Å². The Balaban J connectivity index is 2.56. The highest BCUT2D eigenvalue weighted by molar-refractivity contribution is 5.68. The van der Waals surface area contributed by atoms with Crippen molar-refractivity contribution >= 4 is 0 Å². The van der Waals surface area contributed by atoms with Crippen LogP contribution in [0.1, 0.15) is 0 Å². The molecule has 2 rings (SSSR count). The van der Waals surface area contributed by atoms with Crippen molar-refractivity contribution in [2.75, 3.05) is 14.2 Å². The predicted octanol–water partition coefficient (Wildman–Crippen LogP) is 1.50. The van der Waals surface area contributed by atoms with Gasteiger partial charge in [-0.05, 0) is 12.1 Å². The van der Waals surface area contributed by atoms with Gasteiger partial charge in [0, 0.05) is 7.05 Å². The van der Waals surface area contributed by atoms with Gasteiger partial charge in [-0.25, -0.2) is 4.98 Å². The summed E-state index contributed by atoms with van der Waals surface area (Å²) in [6.45, 7) is 0. The van der Waals surface area contributed by atoms with Crippen LogP contribution in [0.15, 0.2) is 24.5 Å². The molecule has 0 aliphatic rings. The van der Waals surface area contributed by atoms with E-state index in [0.29, 0.717) is 17.3 Å². The molecule has 1 aromatic carbocycles. The number of hydrogen-bond acceptors (Lipinski definition) is 4. The molecule has 0 unspecified atom stereocenters. The smallest absolute Gasteiger partial charge is 0.184 e. The fraction of sp³-hybridized carbons (Fsp3) is 0.273. The van der Waals surface area contributed by atoms with Gasteiger partial charge in [-0.2, -0.15) is 5.10 Å². The van der Waals surface area contributed by atoms with Crippen LogP contribution in [0, 0.1) is 0 Å². The lowest BCUT2D eigenvalue weighted by molar-refractivity contribution is 0.356. The summed E-state index contributed by atoms with van der Waals surface area (Å²) in [5.41, 5.74) is 0.822. The van der Waals surface area contributed by atoms with Gasteiger partial charge in [-0.15, -0.1) is 0 Å². The first-order chi connectivity index (χ1) is 7.76. The molecule has 0 aliphatic heterocycles. The van der Waals surface area contributed by atoms with Crippen LogP contribution in [0.2, 0.25) is 0 Å². The van der Waals surface area contributed by atoms with Crippen LogP contribution in [0.4, 0.5) is 0 Å². The van der Waals surface area contributed by atoms with E-state index in [1.54, 1.807) is 25.2 Å². The molecule has 5 nitrogen and oxygen atoms in total. The van der Waals surface area contributed by atoms with E-state index in [1.165, 1.54) is 0 Å². The third-order valence-electron chi connectivity index (χ3n) is 2.24. The minimum Gasteiger partial charge on any atom is -0.493 e. The van der Waals surface area contributed by atoms with Gasteiger partial charge in [-0.1, -0.05) is 6.07 Å². The van der Waals surface area contributed by atoms with E-state index >= 15 is 0 Å². The van der Waals surface area contributed by atoms with Gasteiger partial charge >= 0.3 is 0 Å². The Morgan fingerprint density at radius 2 is 2.00 bits per heavy atom. The normalized spacial score (nSPS) is 10.2. The van der Waals surface area contributed by atoms with E-state index < -0.39 is 0 Å². The zero-order chi connectivity index (χ0) is 11.5. The molecule has 0 bridgehead atoms. The number of nitrogens with zero attached hydrogens (tertiary/aromatic N) is 3. The maximum absolute atomic E-state index is 5.32. The van der Waals surface area contributed by atoms with Gasteiger partial charge in [0.25, 0.3) is 0 Å². The van der Waals surface area contributed by atoms with Crippen LogP contribution in [0.3, 0.4) is 0 Å². The summed E-state index contributed by atoms with van der Waals surface area (Å²) >= 11 is 0. The maximum Gasteiger partial charge on any atom is 0.184 e. The quantitative estimate of drug-likeness (QED) is 0.785. The van der Waals surface area contributed by atoms with Crippen molar-refractivity contribution in [2.45, 2.75) is 0 Å². The summed E-state index contributed by atoms with van der Waals surface area (Å²) in [5.74, 6) is 1.95. The molecule has 1 heterocycles. The number of aromatic nitrogens is 3. The Bertz CT molecular complexity index is 494. The number of ether oxygens (including phenoxy) is 2. The zero-order valence-electron chi connectivity index (χ0n) is 9.47. The second-order valence-electron chi connectivity index (χ2n) is 3.28. The minimum absolute atomic E-state index is 0.623. The Morgan fingerprint density at radius 3 is 2.56 bits per heavy atom. The second-order valence-corrected chi connectivity index (χ2v) is 3.28. The molecule has 16 heavy (non-hydrogen) atoms. The lowest BCUT2D eigenvalue weighted by atomic mass is 10.2. The monoisotopic (exact) mass is 219 g/mol. The van der Waals surface area contributed by atoms with Crippen LogP contribution in [-0.2, 0) is 7.05 Å². The molecule has 0 amide bonds. The lowest BCUT2D eigenvalue weighted by Gasteiger charge is -2.09. The van der Waals surface area contributed by atoms with Crippen molar-refractivity contribution in [3.05, 3.63) is 24.5 Å². The van der Waals surface area contributed by atoms with Crippen molar-refractivity contribution in [1.82, 2.24) is 14.8 Å². The van der Waals surface area contributed by atoms with Crippen molar-refractivity contribution in [3.8, 4) is 22.9 Å². The molecule has 0 aliphatic carbocycles. The summed E-state index contributed by atoms with van der Waals surface area (Å²) in [6, 6.07) is 5.62. The fourth-order valence-corrected chi connectivity index (χ4v) is 1.53. The van der Waals surface area contributed by atoms with E-state index in [9.17, 15) is 0 Å². The molecule has 0 spiro atoms. The lowest BCUT2D eigenvalue weighted by Crippen LogP contribution is -1.94. The first-order valence-electron chi connectivity index (χ1n) is 4.83. The molecule has 0 fully saturated rings. The number of methoxy groups -OCH3 is 2. The molecule has 0 radical (unpaired) electrons. The van der Waals surface area contributed by atoms with Crippen LogP contribution >= 0.6 is 0 Å². The topological polar surface area (TPSA) is 49.2 Å². The average molecular weight is 219 g/mol. The first kappa shape index (κ1) is 10.5. The molecule has 0 atom stereocenters. The van der Waals surface area contributed by atoms with Crippen LogP contribution in [-0.4, -0.2) is 29.0 Å². The van der Waals surface area contributed by atoms with Gasteiger partial charge in [0.15, 0.2) is 17.3 Å². The number of aryl methyl sites for hydroxylation is 1. The largest absolute Gasteiger partial charge is 0.493 e. The fourth-order valence-electron chi connectivity index (χ4n) is 1.53. The maximum atomic E-state index is 5.32. The van der Waals surface area contributed by atoms with E-state index in [-0.39, 0.29) is 0 Å². The molecule has 5 heteroatoms. The molecule has 0 N–H and O–H groups in total. The Kier molecular flexibility index (Phi) is 2.76. The summed E-state index contributed by atoms with van der Waals surface area (Å²) in [4.78, 5) is 4.19. The average Bonchev–Trinajstić information content (AvgIpc) is 2.74. The van der Waals surface area contributed by atoms with Crippen LogP contribution in [0.5, 0.6) is 11.5 Å². The molecular weight excluding hydrogens is 206 g/mol. The number of benzene rings is 1. The molecule has 2 aromatic rings. The van der Waals surface area contributed by atoms with Crippen LogP contribution in [0.25, 0.3) is 11.4 Å². The highest BCUT2D eigenvalue weighted by Gasteiger charge is 2.13. The van der Waals surface area contributed by atoms with Gasteiger partial charge < -0.3 is 9.47 Å². The van der Waals surface area contributed by atoms with Crippen molar-refractivity contribution in [2.24, 2.45) is 7.05 Å². The van der Waals surface area contributed by atoms with Crippen LogP contribution < -0.4 is 9.47 Å². The minimum atomic E-state index is 0.623. The highest BCUT2D eigenvalue weighted by atomic mass is 16.5. The van der Waals surface area contributed by atoms with E-state index in [4.69, 9.17) is 9.47 Å². The second kappa shape index (κ2) is 4.22. The molecule has 0 saturated carbocycles. The summed E-state index contributed by atoms with van der Waals surface area (Å²) in [6.07, 6.45) is 1.65. The Morgan fingerprint density at radius 1 is 1.19 bits per heavy atom. The van der Waals surface area contributed by atoms with Crippen molar-refractivity contribution < 1.29 is 9.47 Å². The van der Waals surface area contributed by atoms with E-state index in [2.05, 4.69) is 10.1 Å². The summed E-state index contributed by atoms with van der Waals surface area (Å²) in [5, 5.41) is 4.23. The third-order valence-corrected chi connectivity index (χ3v) is 2.24. The van der Waals surface area contributed by atoms with E-state index in [1.807, 2.05) is 25.2 Å². The highest BCUT2D eigenvalue weighted by Crippen LogP contribution is 2.35.